The summed E-state index contributed by atoms with van der Waals surface area (Å²) in [6.45, 7) is 1.61. The largest absolute Gasteiger partial charge is 0.481 e. The van der Waals surface area contributed by atoms with E-state index in [1.807, 2.05) is 0 Å². The molecule has 0 saturated carbocycles. The predicted molar refractivity (Wildman–Crippen MR) is 74.8 cm³/mol. The van der Waals surface area contributed by atoms with Crippen molar-refractivity contribution in [3.8, 4) is 0 Å². The van der Waals surface area contributed by atoms with Crippen LogP contribution in [0.1, 0.15) is 23.7 Å². The minimum Gasteiger partial charge on any atom is -0.481 e. The third-order valence-corrected chi connectivity index (χ3v) is 4.27. The van der Waals surface area contributed by atoms with Gasteiger partial charge in [-0.05, 0) is 19.1 Å². The SMILES string of the molecule is CC(OC(=O)c1ccccc1)C1OC(=O)C(CC(=O)O)S1. The van der Waals surface area contributed by atoms with E-state index in [9.17, 15) is 14.4 Å². The van der Waals surface area contributed by atoms with Crippen LogP contribution in [-0.4, -0.2) is 39.8 Å². The second-order valence-corrected chi connectivity index (χ2v) is 5.81. The van der Waals surface area contributed by atoms with Crippen LogP contribution in [0.2, 0.25) is 0 Å². The maximum Gasteiger partial charge on any atom is 0.338 e. The Morgan fingerprint density at radius 3 is 2.67 bits per heavy atom. The molecule has 1 fully saturated rings. The molecule has 3 unspecified atom stereocenters. The molecule has 112 valence electrons. The second kappa shape index (κ2) is 6.62. The van der Waals surface area contributed by atoms with Gasteiger partial charge in [-0.15, -0.1) is 0 Å². The van der Waals surface area contributed by atoms with Crippen LogP contribution in [0.5, 0.6) is 0 Å². The molecule has 0 aromatic heterocycles. The highest BCUT2D eigenvalue weighted by atomic mass is 32.2. The first-order chi connectivity index (χ1) is 9.97. The minimum atomic E-state index is -1.07. The number of rotatable bonds is 5. The molecule has 1 aliphatic rings. The minimum absolute atomic E-state index is 0.306. The number of aliphatic carboxylic acids is 1. The first kappa shape index (κ1) is 15.4. The van der Waals surface area contributed by atoms with Gasteiger partial charge in [0.05, 0.1) is 12.0 Å². The molecule has 6 nitrogen and oxygen atoms in total. The van der Waals surface area contributed by atoms with Gasteiger partial charge in [0.15, 0.2) is 5.44 Å². The summed E-state index contributed by atoms with van der Waals surface area (Å²) in [6.07, 6.45) is -0.968. The maximum atomic E-state index is 11.9. The Bertz CT molecular complexity index is 544. The van der Waals surface area contributed by atoms with Gasteiger partial charge in [-0.2, -0.15) is 0 Å². The molecule has 7 heteroatoms. The van der Waals surface area contributed by atoms with Crippen LogP contribution in [0.25, 0.3) is 0 Å². The van der Waals surface area contributed by atoms with E-state index in [1.165, 1.54) is 0 Å². The molecule has 1 saturated heterocycles. The third kappa shape index (κ3) is 3.98. The van der Waals surface area contributed by atoms with Gasteiger partial charge >= 0.3 is 17.9 Å². The fraction of sp³-hybridized carbons (Fsp3) is 0.357. The van der Waals surface area contributed by atoms with Crippen molar-refractivity contribution >= 4 is 29.7 Å². The van der Waals surface area contributed by atoms with Crippen molar-refractivity contribution < 1.29 is 29.0 Å². The zero-order chi connectivity index (χ0) is 15.4. The lowest BCUT2D eigenvalue weighted by Gasteiger charge is -2.18. The summed E-state index contributed by atoms with van der Waals surface area (Å²) in [4.78, 5) is 34.1. The third-order valence-electron chi connectivity index (χ3n) is 2.84. The summed E-state index contributed by atoms with van der Waals surface area (Å²) in [5, 5.41) is 7.95. The predicted octanol–water partition coefficient (Wildman–Crippen LogP) is 1.69. The van der Waals surface area contributed by atoms with Crippen molar-refractivity contribution in [2.75, 3.05) is 0 Å². The average Bonchev–Trinajstić information content (AvgIpc) is 2.80. The number of hydrogen-bond acceptors (Lipinski definition) is 6. The number of esters is 2. The fourth-order valence-electron chi connectivity index (χ4n) is 1.80. The molecule has 2 rings (SSSR count). The van der Waals surface area contributed by atoms with Crippen LogP contribution < -0.4 is 0 Å². The molecular formula is C14H14O6S. The smallest absolute Gasteiger partial charge is 0.338 e. The van der Waals surface area contributed by atoms with E-state index in [4.69, 9.17) is 14.6 Å². The highest BCUT2D eigenvalue weighted by Crippen LogP contribution is 2.33. The lowest BCUT2D eigenvalue weighted by Crippen LogP contribution is -2.26. The van der Waals surface area contributed by atoms with Gasteiger partial charge in [-0.3, -0.25) is 9.59 Å². The normalized spacial score (nSPS) is 22.4. The summed E-state index contributed by atoms with van der Waals surface area (Å²) < 4.78 is 10.3. The molecule has 21 heavy (non-hydrogen) atoms. The van der Waals surface area contributed by atoms with Crippen LogP contribution in [0, 0.1) is 0 Å². The summed E-state index contributed by atoms with van der Waals surface area (Å²) in [7, 11) is 0. The van der Waals surface area contributed by atoms with E-state index in [1.54, 1.807) is 37.3 Å². The molecule has 1 aromatic carbocycles. The molecule has 0 spiro atoms. The molecule has 1 N–H and O–H groups in total. The van der Waals surface area contributed by atoms with Crippen molar-refractivity contribution in [1.29, 1.82) is 0 Å². The molecular weight excluding hydrogens is 296 g/mol. The van der Waals surface area contributed by atoms with E-state index in [0.29, 0.717) is 5.56 Å². The average molecular weight is 310 g/mol. The number of hydrogen-bond donors (Lipinski definition) is 1. The fourth-order valence-corrected chi connectivity index (χ4v) is 2.96. The zero-order valence-electron chi connectivity index (χ0n) is 11.2. The van der Waals surface area contributed by atoms with Crippen molar-refractivity contribution in [3.63, 3.8) is 0 Å². The lowest BCUT2D eigenvalue weighted by atomic mass is 10.2. The number of carboxylic acid groups (broad SMARTS) is 1. The Morgan fingerprint density at radius 1 is 1.38 bits per heavy atom. The van der Waals surface area contributed by atoms with Gasteiger partial charge in [0.2, 0.25) is 0 Å². The molecule has 0 bridgehead atoms. The first-order valence-corrected chi connectivity index (χ1v) is 7.25. The van der Waals surface area contributed by atoms with Crippen molar-refractivity contribution in [2.24, 2.45) is 0 Å². The number of benzene rings is 1. The van der Waals surface area contributed by atoms with E-state index < -0.39 is 34.7 Å². The van der Waals surface area contributed by atoms with Gasteiger partial charge in [-0.25, -0.2) is 4.79 Å². The van der Waals surface area contributed by atoms with E-state index in [2.05, 4.69) is 0 Å². The number of cyclic esters (lactones) is 1. The lowest BCUT2D eigenvalue weighted by molar-refractivity contribution is -0.148. The number of ether oxygens (including phenoxy) is 2. The Kier molecular flexibility index (Phi) is 4.85. The van der Waals surface area contributed by atoms with Crippen LogP contribution in [0.3, 0.4) is 0 Å². The first-order valence-electron chi connectivity index (χ1n) is 6.31. The molecule has 0 amide bonds. The standard InChI is InChI=1S/C14H14O6S/c1-8(19-12(17)9-5-3-2-4-6-9)14-20-13(18)10(21-14)7-11(15)16/h2-6,8,10,14H,7H2,1H3,(H,15,16). The Balaban J connectivity index is 1.92. The topological polar surface area (TPSA) is 89.9 Å². The number of carboxylic acids is 1. The summed E-state index contributed by atoms with van der Waals surface area (Å²) in [5.41, 5.74) is -0.282. The number of carbonyl (C=O) groups is 3. The van der Waals surface area contributed by atoms with Crippen molar-refractivity contribution in [2.45, 2.75) is 30.1 Å². The van der Waals surface area contributed by atoms with Crippen LogP contribution in [-0.2, 0) is 19.1 Å². The highest BCUT2D eigenvalue weighted by molar-refractivity contribution is 8.01. The summed E-state index contributed by atoms with van der Waals surface area (Å²) in [5.74, 6) is -2.17. The van der Waals surface area contributed by atoms with Gasteiger partial charge in [0.1, 0.15) is 11.4 Å². The summed E-state index contributed by atoms with van der Waals surface area (Å²) >= 11 is 1.06. The van der Waals surface area contributed by atoms with Crippen molar-refractivity contribution in [1.82, 2.24) is 0 Å². The molecule has 1 heterocycles. The van der Waals surface area contributed by atoms with Crippen LogP contribution in [0.15, 0.2) is 30.3 Å². The van der Waals surface area contributed by atoms with Crippen molar-refractivity contribution in [3.05, 3.63) is 35.9 Å². The Morgan fingerprint density at radius 2 is 2.05 bits per heavy atom. The Labute approximate surface area is 125 Å². The van der Waals surface area contributed by atoms with E-state index in [-0.39, 0.29) is 6.42 Å². The summed E-state index contributed by atoms with van der Waals surface area (Å²) in [6, 6.07) is 8.46. The van der Waals surface area contributed by atoms with Gasteiger partial charge in [0.25, 0.3) is 0 Å². The zero-order valence-corrected chi connectivity index (χ0v) is 12.0. The highest BCUT2D eigenvalue weighted by Gasteiger charge is 2.40. The quantitative estimate of drug-likeness (QED) is 0.828. The second-order valence-electron chi connectivity index (χ2n) is 4.50. The Hall–Kier alpha value is -2.02. The van der Waals surface area contributed by atoms with Gasteiger partial charge in [-0.1, -0.05) is 30.0 Å². The van der Waals surface area contributed by atoms with Gasteiger partial charge in [0, 0.05) is 0 Å². The van der Waals surface area contributed by atoms with E-state index in [0.717, 1.165) is 11.8 Å². The maximum absolute atomic E-state index is 11.9. The van der Waals surface area contributed by atoms with Crippen LogP contribution in [0.4, 0.5) is 0 Å². The van der Waals surface area contributed by atoms with E-state index >= 15 is 0 Å². The number of thioether (sulfide) groups is 1. The molecule has 0 aliphatic carbocycles. The molecule has 0 radical (unpaired) electrons. The number of carbonyl (C=O) groups excluding carboxylic acids is 2. The van der Waals surface area contributed by atoms with Gasteiger partial charge < -0.3 is 14.6 Å². The molecule has 1 aliphatic heterocycles. The molecule has 3 atom stereocenters. The molecule has 1 aromatic rings. The van der Waals surface area contributed by atoms with Crippen LogP contribution >= 0.6 is 11.8 Å². The monoisotopic (exact) mass is 310 g/mol.